The summed E-state index contributed by atoms with van der Waals surface area (Å²) in [4.78, 5) is 36.9. The molecule has 0 unspecified atom stereocenters. The Kier molecular flexibility index (Phi) is 9.56. The lowest BCUT2D eigenvalue weighted by molar-refractivity contribution is 0.0696. The zero-order chi connectivity index (χ0) is 27.0. The van der Waals surface area contributed by atoms with Crippen molar-refractivity contribution in [3.63, 3.8) is 0 Å². The molecule has 1 aromatic heterocycles. The molecule has 0 bridgehead atoms. The van der Waals surface area contributed by atoms with Crippen molar-refractivity contribution >= 4 is 44.8 Å². The number of carbonyl (C=O) groups is 3. The number of rotatable bonds is 12. The molecule has 2 aromatic carbocycles. The average Bonchev–Trinajstić information content (AvgIpc) is 3.35. The number of carboxylic acid groups (broad SMARTS) is 1. The van der Waals surface area contributed by atoms with Crippen LogP contribution in [0.15, 0.2) is 64.9 Å². The lowest BCUT2D eigenvalue weighted by atomic mass is 10.1. The van der Waals surface area contributed by atoms with Gasteiger partial charge in [-0.05, 0) is 66.2 Å². The van der Waals surface area contributed by atoms with Gasteiger partial charge in [-0.1, -0.05) is 26.0 Å². The van der Waals surface area contributed by atoms with E-state index in [1.165, 1.54) is 52.0 Å². The topological polar surface area (TPSA) is 133 Å². The number of hydrogen-bond acceptors (Lipinski definition) is 6. The molecule has 37 heavy (non-hydrogen) atoms. The summed E-state index contributed by atoms with van der Waals surface area (Å²) in [7, 11) is -3.65. The Hall–Kier alpha value is -3.54. The average molecular weight is 544 g/mol. The zero-order valence-electron chi connectivity index (χ0n) is 20.6. The minimum atomic E-state index is -3.65. The van der Waals surface area contributed by atoms with Gasteiger partial charge in [0.25, 0.3) is 11.8 Å². The lowest BCUT2D eigenvalue weighted by Crippen LogP contribution is -2.32. The summed E-state index contributed by atoms with van der Waals surface area (Å²) in [5, 5.41) is 16.1. The molecule has 196 valence electrons. The van der Waals surface area contributed by atoms with Crippen LogP contribution in [0.25, 0.3) is 0 Å². The number of hydrogen-bond donors (Lipinski definition) is 3. The van der Waals surface area contributed by atoms with E-state index in [4.69, 9.17) is 5.11 Å². The third-order valence-electron chi connectivity index (χ3n) is 5.47. The van der Waals surface area contributed by atoms with E-state index in [2.05, 4.69) is 10.6 Å². The first-order chi connectivity index (χ1) is 17.7. The molecule has 0 radical (unpaired) electrons. The monoisotopic (exact) mass is 543 g/mol. The number of nitrogens with zero attached hydrogens (tertiary/aromatic N) is 1. The quantitative estimate of drug-likeness (QED) is 0.309. The summed E-state index contributed by atoms with van der Waals surface area (Å²) in [5.41, 5.74) is 1.48. The van der Waals surface area contributed by atoms with Gasteiger partial charge in [0.1, 0.15) is 4.88 Å². The summed E-state index contributed by atoms with van der Waals surface area (Å²) >= 11 is 1.17. The summed E-state index contributed by atoms with van der Waals surface area (Å²) in [6, 6.07) is 13.5. The summed E-state index contributed by atoms with van der Waals surface area (Å²) in [6.07, 6.45) is 1.40. The van der Waals surface area contributed by atoms with E-state index < -0.39 is 21.9 Å². The summed E-state index contributed by atoms with van der Waals surface area (Å²) < 4.78 is 27.3. The van der Waals surface area contributed by atoms with Gasteiger partial charge in [0.2, 0.25) is 10.0 Å². The highest BCUT2D eigenvalue weighted by molar-refractivity contribution is 7.89. The van der Waals surface area contributed by atoms with Crippen LogP contribution in [0.1, 0.15) is 62.6 Å². The normalized spacial score (nSPS) is 11.3. The number of carbonyl (C=O) groups excluding carboxylic acids is 2. The van der Waals surface area contributed by atoms with Gasteiger partial charge in [0.15, 0.2) is 0 Å². The van der Waals surface area contributed by atoms with E-state index in [1.54, 1.807) is 23.6 Å². The largest absolute Gasteiger partial charge is 0.478 e. The molecule has 3 aromatic rings. The lowest BCUT2D eigenvalue weighted by Gasteiger charge is -2.21. The molecular formula is C26H29N3O6S2. The summed E-state index contributed by atoms with van der Waals surface area (Å²) in [5.74, 6) is -1.89. The van der Waals surface area contributed by atoms with Crippen LogP contribution in [0.2, 0.25) is 0 Å². The molecule has 0 fully saturated rings. The van der Waals surface area contributed by atoms with Crippen molar-refractivity contribution in [3.05, 3.63) is 81.5 Å². The predicted molar refractivity (Wildman–Crippen MR) is 143 cm³/mol. The molecule has 0 aliphatic carbocycles. The number of amides is 2. The van der Waals surface area contributed by atoms with Crippen molar-refractivity contribution < 1.29 is 27.9 Å². The first-order valence-corrected chi connectivity index (χ1v) is 14.1. The number of carboxylic acids is 1. The van der Waals surface area contributed by atoms with E-state index in [0.717, 1.165) is 5.56 Å². The van der Waals surface area contributed by atoms with Crippen LogP contribution in [0.3, 0.4) is 0 Å². The standard InChI is InChI=1S/C26H29N3O6S2/c1-3-14-29(15-4-2)37(34,35)21-11-9-19(10-12-21)24(30)28-22-13-16-36-23(22)25(31)27-17-18-5-7-20(8-6-18)26(32)33/h5-13,16H,3-4,14-15,17H2,1-2H3,(H,27,31)(H,28,30)(H,32,33). The maximum Gasteiger partial charge on any atom is 0.335 e. The SMILES string of the molecule is CCCN(CCC)S(=O)(=O)c1ccc(C(=O)Nc2ccsc2C(=O)NCc2ccc(C(=O)O)cc2)cc1. The second-order valence-electron chi connectivity index (χ2n) is 8.23. The number of thiophene rings is 1. The maximum atomic E-state index is 12.9. The van der Waals surface area contributed by atoms with Crippen molar-refractivity contribution in [2.45, 2.75) is 38.1 Å². The summed E-state index contributed by atoms with van der Waals surface area (Å²) in [6.45, 7) is 4.88. The van der Waals surface area contributed by atoms with E-state index in [1.807, 2.05) is 13.8 Å². The Bertz CT molecular complexity index is 1340. The molecule has 0 spiro atoms. The Morgan fingerprint density at radius 2 is 1.46 bits per heavy atom. The Morgan fingerprint density at radius 3 is 2.03 bits per heavy atom. The van der Waals surface area contributed by atoms with Crippen LogP contribution in [0.5, 0.6) is 0 Å². The molecule has 0 saturated carbocycles. The number of nitrogens with one attached hydrogen (secondary N) is 2. The van der Waals surface area contributed by atoms with Crippen LogP contribution >= 0.6 is 11.3 Å². The van der Waals surface area contributed by atoms with Gasteiger partial charge < -0.3 is 15.7 Å². The highest BCUT2D eigenvalue weighted by Crippen LogP contribution is 2.24. The number of aromatic carboxylic acids is 1. The van der Waals surface area contributed by atoms with Crippen LogP contribution in [0.4, 0.5) is 5.69 Å². The van der Waals surface area contributed by atoms with Gasteiger partial charge in [0.05, 0.1) is 16.1 Å². The fraction of sp³-hybridized carbons (Fsp3) is 0.269. The number of sulfonamides is 1. The van der Waals surface area contributed by atoms with Crippen LogP contribution in [-0.2, 0) is 16.6 Å². The van der Waals surface area contributed by atoms with E-state index in [0.29, 0.717) is 36.5 Å². The smallest absolute Gasteiger partial charge is 0.335 e. The van der Waals surface area contributed by atoms with Gasteiger partial charge in [-0.25, -0.2) is 13.2 Å². The molecule has 9 nitrogen and oxygen atoms in total. The van der Waals surface area contributed by atoms with Gasteiger partial charge >= 0.3 is 5.97 Å². The van der Waals surface area contributed by atoms with Gasteiger partial charge in [0, 0.05) is 25.2 Å². The number of benzene rings is 2. The Balaban J connectivity index is 1.65. The van der Waals surface area contributed by atoms with Crippen molar-refractivity contribution in [3.8, 4) is 0 Å². The molecular weight excluding hydrogens is 514 g/mol. The highest BCUT2D eigenvalue weighted by Gasteiger charge is 2.23. The second-order valence-corrected chi connectivity index (χ2v) is 11.1. The molecule has 0 atom stereocenters. The molecule has 2 amide bonds. The second kappa shape index (κ2) is 12.6. The van der Waals surface area contributed by atoms with Crippen molar-refractivity contribution in [2.24, 2.45) is 0 Å². The first-order valence-electron chi connectivity index (χ1n) is 11.8. The van der Waals surface area contributed by atoms with Gasteiger partial charge in [-0.3, -0.25) is 9.59 Å². The molecule has 11 heteroatoms. The molecule has 1 heterocycles. The van der Waals surface area contributed by atoms with Crippen molar-refractivity contribution in [1.82, 2.24) is 9.62 Å². The predicted octanol–water partition coefficient (Wildman–Crippen LogP) is 4.44. The van der Waals surface area contributed by atoms with Gasteiger partial charge in [-0.2, -0.15) is 4.31 Å². The van der Waals surface area contributed by atoms with Crippen molar-refractivity contribution in [2.75, 3.05) is 18.4 Å². The van der Waals surface area contributed by atoms with Crippen LogP contribution < -0.4 is 10.6 Å². The molecule has 3 rings (SSSR count). The highest BCUT2D eigenvalue weighted by atomic mass is 32.2. The minimum absolute atomic E-state index is 0.123. The van der Waals surface area contributed by atoms with E-state index in [-0.39, 0.29) is 28.5 Å². The molecule has 3 N–H and O–H groups in total. The maximum absolute atomic E-state index is 12.9. The van der Waals surface area contributed by atoms with Gasteiger partial charge in [-0.15, -0.1) is 11.3 Å². The Morgan fingerprint density at radius 1 is 0.865 bits per heavy atom. The third kappa shape index (κ3) is 7.03. The first kappa shape index (κ1) is 28.0. The van der Waals surface area contributed by atoms with E-state index in [9.17, 15) is 22.8 Å². The van der Waals surface area contributed by atoms with Crippen molar-refractivity contribution in [1.29, 1.82) is 0 Å². The molecule has 0 aliphatic heterocycles. The minimum Gasteiger partial charge on any atom is -0.478 e. The van der Waals surface area contributed by atoms with Crippen LogP contribution in [-0.4, -0.2) is 48.7 Å². The van der Waals surface area contributed by atoms with E-state index >= 15 is 0 Å². The fourth-order valence-electron chi connectivity index (χ4n) is 3.58. The molecule has 0 saturated heterocycles. The third-order valence-corrected chi connectivity index (χ3v) is 8.30. The number of anilines is 1. The fourth-order valence-corrected chi connectivity index (χ4v) is 5.97. The molecule has 0 aliphatic rings. The van der Waals surface area contributed by atoms with Crippen LogP contribution in [0, 0.1) is 0 Å². The Labute approximate surface area is 220 Å². The zero-order valence-corrected chi connectivity index (χ0v) is 22.2.